The van der Waals surface area contributed by atoms with Gasteiger partial charge in [0.05, 0.1) is 37.6 Å². The van der Waals surface area contributed by atoms with E-state index in [9.17, 15) is 4.79 Å². The molecule has 1 N–H and O–H groups in total. The van der Waals surface area contributed by atoms with Crippen LogP contribution in [-0.4, -0.2) is 54.0 Å². The van der Waals surface area contributed by atoms with Gasteiger partial charge in [0, 0.05) is 48.2 Å². The van der Waals surface area contributed by atoms with Gasteiger partial charge in [-0.2, -0.15) is 0 Å². The highest BCUT2D eigenvalue weighted by molar-refractivity contribution is 7.80. The first kappa shape index (κ1) is 25.1. The first-order chi connectivity index (χ1) is 19.1. The maximum absolute atomic E-state index is 12.2. The lowest BCUT2D eigenvalue weighted by Gasteiger charge is -2.31. The van der Waals surface area contributed by atoms with E-state index in [1.54, 1.807) is 12.3 Å². The molecular weight excluding hydrogens is 510 g/mol. The smallest absolute Gasteiger partial charge is 0.337 e. The fourth-order valence-electron chi connectivity index (χ4n) is 5.35. The summed E-state index contributed by atoms with van der Waals surface area (Å²) < 4.78 is 12.6. The Bertz CT molecular complexity index is 1470. The minimum absolute atomic E-state index is 0.185. The van der Waals surface area contributed by atoms with Crippen molar-refractivity contribution in [1.82, 2.24) is 14.9 Å². The minimum Gasteiger partial charge on any atom is -0.465 e. The number of hydrogen-bond acceptors (Lipinski definition) is 6. The molecule has 4 aromatic rings. The Morgan fingerprint density at radius 1 is 0.974 bits per heavy atom. The molecule has 4 heterocycles. The third kappa shape index (κ3) is 4.86. The molecule has 0 saturated carbocycles. The van der Waals surface area contributed by atoms with Crippen LogP contribution in [0, 0.1) is 0 Å². The van der Waals surface area contributed by atoms with Crippen LogP contribution in [0.2, 0.25) is 0 Å². The Balaban J connectivity index is 1.42. The van der Waals surface area contributed by atoms with Crippen molar-refractivity contribution in [2.45, 2.75) is 12.1 Å². The SMILES string of the molecule is COC(=O)c1cccc(-n2cccc2[C@H]2[C@@H](c3ccccn3)NC(=S)N2c2ccc(N3CCOCC3)cc2)c1. The zero-order valence-electron chi connectivity index (χ0n) is 21.6. The number of carbonyl (C=O) groups is 1. The van der Waals surface area contributed by atoms with Crippen molar-refractivity contribution in [3.63, 3.8) is 0 Å². The normalized spacial score (nSPS) is 19.2. The zero-order chi connectivity index (χ0) is 26.8. The van der Waals surface area contributed by atoms with E-state index in [2.05, 4.69) is 55.0 Å². The van der Waals surface area contributed by atoms with Crippen LogP contribution in [0.15, 0.2) is 91.3 Å². The number of ether oxygens (including phenoxy) is 2. The summed E-state index contributed by atoms with van der Waals surface area (Å²) in [5.41, 5.74) is 5.42. The summed E-state index contributed by atoms with van der Waals surface area (Å²) in [6.07, 6.45) is 3.80. The van der Waals surface area contributed by atoms with Crippen molar-refractivity contribution < 1.29 is 14.3 Å². The molecule has 2 aliphatic rings. The average Bonchev–Trinajstić information content (AvgIpc) is 3.62. The maximum Gasteiger partial charge on any atom is 0.337 e. The van der Waals surface area contributed by atoms with Crippen molar-refractivity contribution in [1.29, 1.82) is 0 Å². The topological polar surface area (TPSA) is 71.9 Å². The molecule has 0 amide bonds. The molecule has 0 bridgehead atoms. The number of hydrogen-bond donors (Lipinski definition) is 1. The summed E-state index contributed by atoms with van der Waals surface area (Å²) in [7, 11) is 1.39. The molecule has 2 saturated heterocycles. The molecular formula is C30H29N5O3S. The van der Waals surface area contributed by atoms with E-state index in [0.717, 1.165) is 49.1 Å². The number of nitrogens with zero attached hydrogens (tertiary/aromatic N) is 4. The summed E-state index contributed by atoms with van der Waals surface area (Å²) in [4.78, 5) is 21.4. The first-order valence-corrected chi connectivity index (χ1v) is 13.3. The standard InChI is InChI=1S/C30H29N5O3S/c1-37-29(36)21-6-4-7-24(20-21)34-15-5-9-26(34)28-27(25-8-2-3-14-31-25)32-30(39)35(28)23-12-10-22(11-13-23)33-16-18-38-19-17-33/h2-15,20,27-28H,16-19H2,1H3,(H,32,39)/t27-,28+/m1/s1. The highest BCUT2D eigenvalue weighted by atomic mass is 32.1. The van der Waals surface area contributed by atoms with Gasteiger partial charge in [0.15, 0.2) is 5.11 Å². The molecule has 2 aromatic heterocycles. The molecule has 0 unspecified atom stereocenters. The van der Waals surface area contributed by atoms with Crippen LogP contribution < -0.4 is 15.1 Å². The van der Waals surface area contributed by atoms with Gasteiger partial charge in [-0.15, -0.1) is 0 Å². The number of morpholine rings is 1. The van der Waals surface area contributed by atoms with Crippen LogP contribution in [0.1, 0.15) is 33.8 Å². The molecule has 8 nitrogen and oxygen atoms in total. The second-order valence-electron chi connectivity index (χ2n) is 9.46. The van der Waals surface area contributed by atoms with Crippen LogP contribution in [0.3, 0.4) is 0 Å². The van der Waals surface area contributed by atoms with E-state index in [1.807, 2.05) is 48.7 Å². The molecule has 0 aliphatic carbocycles. The number of rotatable bonds is 6. The second kappa shape index (κ2) is 10.9. The third-order valence-electron chi connectivity index (χ3n) is 7.23. The Morgan fingerprint density at radius 2 is 1.77 bits per heavy atom. The number of benzene rings is 2. The monoisotopic (exact) mass is 539 g/mol. The van der Waals surface area contributed by atoms with E-state index >= 15 is 0 Å². The average molecular weight is 540 g/mol. The minimum atomic E-state index is -0.373. The van der Waals surface area contributed by atoms with Gasteiger partial charge in [0.1, 0.15) is 6.04 Å². The predicted molar refractivity (Wildman–Crippen MR) is 155 cm³/mol. The maximum atomic E-state index is 12.2. The van der Waals surface area contributed by atoms with Gasteiger partial charge in [-0.3, -0.25) is 4.98 Å². The number of aromatic nitrogens is 2. The summed E-state index contributed by atoms with van der Waals surface area (Å²) in [6, 6.07) is 25.6. The van der Waals surface area contributed by atoms with Crippen molar-refractivity contribution in [3.8, 4) is 5.69 Å². The summed E-state index contributed by atoms with van der Waals surface area (Å²) in [6.45, 7) is 3.24. The van der Waals surface area contributed by atoms with Crippen molar-refractivity contribution in [2.75, 3.05) is 43.2 Å². The third-order valence-corrected chi connectivity index (χ3v) is 7.55. The van der Waals surface area contributed by atoms with Gasteiger partial charge in [0.2, 0.25) is 0 Å². The number of thiocarbonyl (C=S) groups is 1. The fourth-order valence-corrected chi connectivity index (χ4v) is 5.70. The highest BCUT2D eigenvalue weighted by Gasteiger charge is 2.42. The highest BCUT2D eigenvalue weighted by Crippen LogP contribution is 2.42. The molecule has 0 radical (unpaired) electrons. The van der Waals surface area contributed by atoms with E-state index in [-0.39, 0.29) is 18.1 Å². The molecule has 0 spiro atoms. The predicted octanol–water partition coefficient (Wildman–Crippen LogP) is 4.67. The summed E-state index contributed by atoms with van der Waals surface area (Å²) >= 11 is 5.93. The van der Waals surface area contributed by atoms with Gasteiger partial charge in [-0.25, -0.2) is 4.79 Å². The molecule has 2 atom stereocenters. The Labute approximate surface area is 232 Å². The van der Waals surface area contributed by atoms with E-state index < -0.39 is 0 Å². The Hall–Kier alpha value is -4.21. The van der Waals surface area contributed by atoms with E-state index in [4.69, 9.17) is 21.7 Å². The molecule has 6 rings (SSSR count). The van der Waals surface area contributed by atoms with Gasteiger partial charge in [-0.05, 0) is 78.9 Å². The Morgan fingerprint density at radius 3 is 2.51 bits per heavy atom. The number of nitrogens with one attached hydrogen (secondary N) is 1. The number of pyridine rings is 1. The molecule has 2 aliphatic heterocycles. The number of carbonyl (C=O) groups excluding carboxylic acids is 1. The number of methoxy groups -OCH3 is 1. The summed E-state index contributed by atoms with van der Waals surface area (Å²) in [5, 5.41) is 4.16. The second-order valence-corrected chi connectivity index (χ2v) is 9.84. The van der Waals surface area contributed by atoms with Crippen LogP contribution in [-0.2, 0) is 9.47 Å². The fraction of sp³-hybridized carbons (Fsp3) is 0.233. The number of esters is 1. The van der Waals surface area contributed by atoms with E-state index in [0.29, 0.717) is 10.7 Å². The Kier molecular flexibility index (Phi) is 7.00. The molecule has 2 aromatic carbocycles. The van der Waals surface area contributed by atoms with Crippen LogP contribution in [0.4, 0.5) is 11.4 Å². The van der Waals surface area contributed by atoms with Crippen molar-refractivity contribution in [2.24, 2.45) is 0 Å². The molecule has 2 fully saturated rings. The largest absolute Gasteiger partial charge is 0.465 e. The van der Waals surface area contributed by atoms with E-state index in [1.165, 1.54) is 12.8 Å². The summed E-state index contributed by atoms with van der Waals surface area (Å²) in [5.74, 6) is -0.373. The van der Waals surface area contributed by atoms with Crippen LogP contribution in [0.25, 0.3) is 5.69 Å². The van der Waals surface area contributed by atoms with Crippen LogP contribution >= 0.6 is 12.2 Å². The molecule has 198 valence electrons. The van der Waals surface area contributed by atoms with Gasteiger partial charge in [-0.1, -0.05) is 12.1 Å². The quantitative estimate of drug-likeness (QED) is 0.280. The van der Waals surface area contributed by atoms with Gasteiger partial charge < -0.3 is 29.2 Å². The molecule has 9 heteroatoms. The van der Waals surface area contributed by atoms with Crippen LogP contribution in [0.5, 0.6) is 0 Å². The van der Waals surface area contributed by atoms with Crippen molar-refractivity contribution in [3.05, 3.63) is 108 Å². The van der Waals surface area contributed by atoms with Gasteiger partial charge in [0.25, 0.3) is 0 Å². The van der Waals surface area contributed by atoms with Gasteiger partial charge >= 0.3 is 5.97 Å². The lowest BCUT2D eigenvalue weighted by molar-refractivity contribution is 0.0600. The lowest BCUT2D eigenvalue weighted by atomic mass is 10.0. The first-order valence-electron chi connectivity index (χ1n) is 12.9. The van der Waals surface area contributed by atoms with Crippen molar-refractivity contribution >= 4 is 34.7 Å². The number of anilines is 2. The lowest BCUT2D eigenvalue weighted by Crippen LogP contribution is -2.36. The molecule has 39 heavy (non-hydrogen) atoms. The zero-order valence-corrected chi connectivity index (χ0v) is 22.4.